The Morgan fingerprint density at radius 3 is 2.33 bits per heavy atom. The van der Waals surface area contributed by atoms with E-state index in [1.54, 1.807) is 0 Å². The number of benzene rings is 3. The molecule has 170 valence electrons. The Labute approximate surface area is 197 Å². The zero-order chi connectivity index (χ0) is 22.5. The SMILES string of the molecule is O=C1c2ccc(OCCc3ccccc3)cc2CCC1CN1CCC(c2ccccc2)CC1. The molecule has 1 fully saturated rings. The Hall–Kier alpha value is -2.91. The van der Waals surface area contributed by atoms with Crippen molar-refractivity contribution in [2.75, 3.05) is 26.2 Å². The smallest absolute Gasteiger partial charge is 0.167 e. The number of hydrogen-bond donors (Lipinski definition) is 0. The zero-order valence-electron chi connectivity index (χ0n) is 19.3. The first-order valence-electron chi connectivity index (χ1n) is 12.4. The quantitative estimate of drug-likeness (QED) is 0.457. The summed E-state index contributed by atoms with van der Waals surface area (Å²) in [5.74, 6) is 1.97. The number of rotatable bonds is 7. The first kappa shape index (κ1) is 21.9. The van der Waals surface area contributed by atoms with Crippen LogP contribution in [0.5, 0.6) is 5.75 Å². The molecule has 3 aromatic rings. The fourth-order valence-electron chi connectivity index (χ4n) is 5.38. The van der Waals surface area contributed by atoms with Gasteiger partial charge in [-0.25, -0.2) is 0 Å². The summed E-state index contributed by atoms with van der Waals surface area (Å²) in [4.78, 5) is 15.7. The van der Waals surface area contributed by atoms with Gasteiger partial charge in [-0.2, -0.15) is 0 Å². The summed E-state index contributed by atoms with van der Waals surface area (Å²) in [6, 6.07) is 27.3. The molecule has 0 spiro atoms. The van der Waals surface area contributed by atoms with Crippen molar-refractivity contribution in [3.63, 3.8) is 0 Å². The highest BCUT2D eigenvalue weighted by atomic mass is 16.5. The summed E-state index contributed by atoms with van der Waals surface area (Å²) >= 11 is 0. The van der Waals surface area contributed by atoms with Crippen LogP contribution in [0.2, 0.25) is 0 Å². The molecule has 0 radical (unpaired) electrons. The average molecular weight is 440 g/mol. The molecule has 1 aliphatic carbocycles. The van der Waals surface area contributed by atoms with Crippen molar-refractivity contribution in [1.29, 1.82) is 0 Å². The molecule has 0 N–H and O–H groups in total. The van der Waals surface area contributed by atoms with Crippen LogP contribution >= 0.6 is 0 Å². The van der Waals surface area contributed by atoms with Crippen LogP contribution in [-0.4, -0.2) is 36.9 Å². The normalized spacial score (nSPS) is 19.3. The van der Waals surface area contributed by atoms with Crippen LogP contribution in [0.1, 0.15) is 52.2 Å². The molecule has 0 amide bonds. The number of carbonyl (C=O) groups excluding carboxylic acids is 1. The van der Waals surface area contributed by atoms with E-state index in [0.717, 1.165) is 55.8 Å². The molecule has 0 aromatic heterocycles. The van der Waals surface area contributed by atoms with E-state index < -0.39 is 0 Å². The summed E-state index contributed by atoms with van der Waals surface area (Å²) in [7, 11) is 0. The highest BCUT2D eigenvalue weighted by Gasteiger charge is 2.30. The van der Waals surface area contributed by atoms with E-state index in [4.69, 9.17) is 4.74 Å². The topological polar surface area (TPSA) is 29.5 Å². The lowest BCUT2D eigenvalue weighted by Crippen LogP contribution is -2.40. The molecule has 1 aliphatic heterocycles. The van der Waals surface area contributed by atoms with Crippen LogP contribution < -0.4 is 4.74 Å². The summed E-state index contributed by atoms with van der Waals surface area (Å²) in [5, 5.41) is 0. The maximum Gasteiger partial charge on any atom is 0.167 e. The first-order chi connectivity index (χ1) is 16.3. The van der Waals surface area contributed by atoms with Crippen molar-refractivity contribution in [3.05, 3.63) is 101 Å². The van der Waals surface area contributed by atoms with Gasteiger partial charge in [-0.3, -0.25) is 4.79 Å². The van der Waals surface area contributed by atoms with Crippen molar-refractivity contribution in [1.82, 2.24) is 4.90 Å². The number of fused-ring (bicyclic) bond motifs is 1. The summed E-state index contributed by atoms with van der Waals surface area (Å²) < 4.78 is 5.99. The van der Waals surface area contributed by atoms with Crippen LogP contribution in [0.15, 0.2) is 78.9 Å². The molecule has 3 nitrogen and oxygen atoms in total. The maximum absolute atomic E-state index is 13.2. The van der Waals surface area contributed by atoms with E-state index in [1.807, 2.05) is 18.2 Å². The Balaban J connectivity index is 1.13. The average Bonchev–Trinajstić information content (AvgIpc) is 2.87. The van der Waals surface area contributed by atoms with Crippen molar-refractivity contribution in [2.24, 2.45) is 5.92 Å². The molecule has 0 bridgehead atoms. The van der Waals surface area contributed by atoms with Crippen LogP contribution in [-0.2, 0) is 12.8 Å². The van der Waals surface area contributed by atoms with Gasteiger partial charge in [0.05, 0.1) is 6.61 Å². The third-order valence-electron chi connectivity index (χ3n) is 7.31. The van der Waals surface area contributed by atoms with E-state index in [2.05, 4.69) is 65.6 Å². The monoisotopic (exact) mass is 439 g/mol. The minimum atomic E-state index is 0.121. The van der Waals surface area contributed by atoms with Gasteiger partial charge in [-0.1, -0.05) is 60.7 Å². The molecular weight excluding hydrogens is 406 g/mol. The summed E-state index contributed by atoms with van der Waals surface area (Å²) in [6.45, 7) is 3.72. The second-order valence-electron chi connectivity index (χ2n) is 9.49. The fraction of sp³-hybridized carbons (Fsp3) is 0.367. The maximum atomic E-state index is 13.2. The third kappa shape index (κ3) is 5.36. The van der Waals surface area contributed by atoms with E-state index in [1.165, 1.54) is 24.0 Å². The highest BCUT2D eigenvalue weighted by molar-refractivity contribution is 6.00. The van der Waals surface area contributed by atoms with Gasteiger partial charge < -0.3 is 9.64 Å². The number of piperidine rings is 1. The van der Waals surface area contributed by atoms with Crippen molar-refractivity contribution in [2.45, 2.75) is 38.0 Å². The third-order valence-corrected chi connectivity index (χ3v) is 7.31. The number of likely N-dealkylation sites (tertiary alicyclic amines) is 1. The van der Waals surface area contributed by atoms with E-state index in [9.17, 15) is 4.79 Å². The number of carbonyl (C=O) groups is 1. The largest absolute Gasteiger partial charge is 0.493 e. The lowest BCUT2D eigenvalue weighted by Gasteiger charge is -2.35. The predicted octanol–water partition coefficient (Wildman–Crippen LogP) is 5.93. The van der Waals surface area contributed by atoms with Gasteiger partial charge in [-0.05, 0) is 79.6 Å². The minimum Gasteiger partial charge on any atom is -0.493 e. The second kappa shape index (κ2) is 10.4. The van der Waals surface area contributed by atoms with Gasteiger partial charge in [0, 0.05) is 24.4 Å². The standard InChI is InChI=1S/C30H33NO2/c32-30-27(22-31-18-15-25(16-19-31)24-9-5-2-6-10-24)12-11-26-21-28(13-14-29(26)30)33-20-17-23-7-3-1-4-8-23/h1-10,13-14,21,25,27H,11-12,15-20,22H2. The van der Waals surface area contributed by atoms with Crippen LogP contribution in [0.3, 0.4) is 0 Å². The van der Waals surface area contributed by atoms with Gasteiger partial charge in [0.1, 0.15) is 5.75 Å². The van der Waals surface area contributed by atoms with Crippen LogP contribution in [0, 0.1) is 5.92 Å². The summed E-state index contributed by atoms with van der Waals surface area (Å²) in [6.07, 6.45) is 5.16. The Morgan fingerprint density at radius 2 is 1.58 bits per heavy atom. The number of hydrogen-bond acceptors (Lipinski definition) is 3. The lowest BCUT2D eigenvalue weighted by molar-refractivity contribution is 0.0840. The van der Waals surface area contributed by atoms with Crippen molar-refractivity contribution < 1.29 is 9.53 Å². The van der Waals surface area contributed by atoms with E-state index in [-0.39, 0.29) is 5.92 Å². The predicted molar refractivity (Wildman–Crippen MR) is 133 cm³/mol. The zero-order valence-corrected chi connectivity index (χ0v) is 19.3. The van der Waals surface area contributed by atoms with Crippen LogP contribution in [0.4, 0.5) is 0 Å². The van der Waals surface area contributed by atoms with Gasteiger partial charge >= 0.3 is 0 Å². The molecule has 5 rings (SSSR count). The molecular formula is C30H33NO2. The number of ketones is 1. The first-order valence-corrected chi connectivity index (χ1v) is 12.4. The second-order valence-corrected chi connectivity index (χ2v) is 9.49. The number of ether oxygens (including phenoxy) is 1. The number of aryl methyl sites for hydroxylation is 1. The van der Waals surface area contributed by atoms with Crippen LogP contribution in [0.25, 0.3) is 0 Å². The van der Waals surface area contributed by atoms with Gasteiger partial charge in [0.15, 0.2) is 5.78 Å². The van der Waals surface area contributed by atoms with Gasteiger partial charge in [0.25, 0.3) is 0 Å². The molecule has 3 aromatic carbocycles. The lowest BCUT2D eigenvalue weighted by atomic mass is 9.81. The molecule has 1 saturated heterocycles. The summed E-state index contributed by atoms with van der Waals surface area (Å²) in [5.41, 5.74) is 4.79. The molecule has 0 saturated carbocycles. The van der Waals surface area contributed by atoms with E-state index in [0.29, 0.717) is 18.3 Å². The van der Waals surface area contributed by atoms with E-state index >= 15 is 0 Å². The van der Waals surface area contributed by atoms with Crippen molar-refractivity contribution in [3.8, 4) is 5.75 Å². The Bertz CT molecular complexity index is 1060. The molecule has 33 heavy (non-hydrogen) atoms. The molecule has 2 aliphatic rings. The molecule has 1 heterocycles. The van der Waals surface area contributed by atoms with Crippen molar-refractivity contribution >= 4 is 5.78 Å². The molecule has 1 atom stereocenters. The molecule has 1 unspecified atom stereocenters. The number of Topliss-reactive ketones (excluding diaryl/α,β-unsaturated/α-hetero) is 1. The van der Waals surface area contributed by atoms with Gasteiger partial charge in [0.2, 0.25) is 0 Å². The molecule has 3 heteroatoms. The Morgan fingerprint density at radius 1 is 0.848 bits per heavy atom. The highest BCUT2D eigenvalue weighted by Crippen LogP contribution is 2.32. The fourth-order valence-corrected chi connectivity index (χ4v) is 5.38. The number of nitrogens with zero attached hydrogens (tertiary/aromatic N) is 1. The minimum absolute atomic E-state index is 0.121. The Kier molecular flexibility index (Phi) is 6.87. The van der Waals surface area contributed by atoms with Gasteiger partial charge in [-0.15, -0.1) is 0 Å².